The molecule has 3 N–H and O–H groups in total. The van der Waals surface area contributed by atoms with Gasteiger partial charge >= 0.3 is 5.97 Å². The lowest BCUT2D eigenvalue weighted by Crippen LogP contribution is -2.40. The lowest BCUT2D eigenvalue weighted by molar-refractivity contribution is -0.144. The van der Waals surface area contributed by atoms with Crippen LogP contribution in [0.2, 0.25) is 0 Å². The molecule has 1 fully saturated rings. The van der Waals surface area contributed by atoms with Crippen LogP contribution in [0.4, 0.5) is 0 Å². The molecule has 3 atom stereocenters. The van der Waals surface area contributed by atoms with Crippen LogP contribution in [0.25, 0.3) is 0 Å². The van der Waals surface area contributed by atoms with Crippen LogP contribution in [-0.4, -0.2) is 17.1 Å². The summed E-state index contributed by atoms with van der Waals surface area (Å²) in [6.45, 7) is 2.03. The molecule has 0 amide bonds. The van der Waals surface area contributed by atoms with Crippen LogP contribution in [0, 0.1) is 11.8 Å². The van der Waals surface area contributed by atoms with Crippen molar-refractivity contribution in [3.05, 3.63) is 0 Å². The summed E-state index contributed by atoms with van der Waals surface area (Å²) in [4.78, 5) is 11.1. The zero-order valence-electron chi connectivity index (χ0n) is 8.91. The van der Waals surface area contributed by atoms with Crippen LogP contribution in [0.15, 0.2) is 0 Å². The largest absolute Gasteiger partial charge is 0.481 e. The maximum absolute atomic E-state index is 11.1. The van der Waals surface area contributed by atoms with Crippen molar-refractivity contribution >= 4 is 5.97 Å². The van der Waals surface area contributed by atoms with Crippen LogP contribution in [0.5, 0.6) is 0 Å². The molecule has 0 aromatic rings. The summed E-state index contributed by atoms with van der Waals surface area (Å²) < 4.78 is 0. The summed E-state index contributed by atoms with van der Waals surface area (Å²) in [5.41, 5.74) is 5.98. The third-order valence-corrected chi connectivity index (χ3v) is 3.31. The van der Waals surface area contributed by atoms with E-state index in [0.29, 0.717) is 0 Å². The lowest BCUT2D eigenvalue weighted by atomic mass is 9.75. The van der Waals surface area contributed by atoms with Crippen LogP contribution in [0.3, 0.4) is 0 Å². The Bertz CT molecular complexity index is 194. The first kappa shape index (κ1) is 11.5. The summed E-state index contributed by atoms with van der Waals surface area (Å²) in [6, 6.07) is 0.108. The van der Waals surface area contributed by atoms with Crippen molar-refractivity contribution in [3.8, 4) is 0 Å². The van der Waals surface area contributed by atoms with Gasteiger partial charge in [0, 0.05) is 6.04 Å². The van der Waals surface area contributed by atoms with Gasteiger partial charge < -0.3 is 10.8 Å². The van der Waals surface area contributed by atoms with E-state index in [1.54, 1.807) is 0 Å². The summed E-state index contributed by atoms with van der Waals surface area (Å²) >= 11 is 0. The van der Waals surface area contributed by atoms with Crippen molar-refractivity contribution < 1.29 is 9.90 Å². The molecule has 0 unspecified atom stereocenters. The van der Waals surface area contributed by atoms with Gasteiger partial charge in [-0.1, -0.05) is 26.2 Å². The summed E-state index contributed by atoms with van der Waals surface area (Å²) in [5.74, 6) is -0.661. The number of carboxylic acid groups (broad SMARTS) is 1. The van der Waals surface area contributed by atoms with Crippen molar-refractivity contribution in [2.75, 3.05) is 0 Å². The minimum Gasteiger partial charge on any atom is -0.481 e. The second-order valence-corrected chi connectivity index (χ2v) is 4.35. The van der Waals surface area contributed by atoms with Crippen LogP contribution < -0.4 is 5.73 Å². The smallest absolute Gasteiger partial charge is 0.306 e. The topological polar surface area (TPSA) is 63.3 Å². The number of carbonyl (C=O) groups is 1. The van der Waals surface area contributed by atoms with Gasteiger partial charge in [0.25, 0.3) is 0 Å². The fourth-order valence-electron chi connectivity index (χ4n) is 2.52. The van der Waals surface area contributed by atoms with E-state index in [9.17, 15) is 4.79 Å². The number of nitrogens with two attached hydrogens (primary N) is 1. The molecule has 82 valence electrons. The molecule has 1 saturated carbocycles. The second kappa shape index (κ2) is 5.35. The average Bonchev–Trinajstić information content (AvgIpc) is 2.15. The normalized spacial score (nSPS) is 29.9. The lowest BCUT2D eigenvalue weighted by Gasteiger charge is -2.32. The molecule has 0 radical (unpaired) electrons. The Morgan fingerprint density at radius 2 is 2.14 bits per heavy atom. The van der Waals surface area contributed by atoms with Crippen molar-refractivity contribution in [1.82, 2.24) is 0 Å². The van der Waals surface area contributed by atoms with Crippen molar-refractivity contribution in [1.29, 1.82) is 0 Å². The fourth-order valence-corrected chi connectivity index (χ4v) is 2.52. The number of aliphatic carboxylic acids is 1. The highest BCUT2D eigenvalue weighted by Gasteiger charge is 2.33. The predicted molar refractivity (Wildman–Crippen MR) is 56.0 cm³/mol. The monoisotopic (exact) mass is 199 g/mol. The number of hydrogen-bond donors (Lipinski definition) is 2. The highest BCUT2D eigenvalue weighted by atomic mass is 16.4. The van der Waals surface area contributed by atoms with E-state index in [2.05, 4.69) is 0 Å². The van der Waals surface area contributed by atoms with E-state index in [1.165, 1.54) is 0 Å². The Hall–Kier alpha value is -0.570. The molecule has 3 nitrogen and oxygen atoms in total. The maximum atomic E-state index is 11.1. The minimum absolute atomic E-state index is 0.108. The molecule has 1 rings (SSSR count). The Morgan fingerprint density at radius 3 is 2.64 bits per heavy atom. The van der Waals surface area contributed by atoms with E-state index in [0.717, 1.165) is 38.5 Å². The van der Waals surface area contributed by atoms with E-state index < -0.39 is 5.97 Å². The van der Waals surface area contributed by atoms with Crippen molar-refractivity contribution in [3.63, 3.8) is 0 Å². The average molecular weight is 199 g/mol. The predicted octanol–water partition coefficient (Wildman–Crippen LogP) is 2.00. The van der Waals surface area contributed by atoms with Gasteiger partial charge in [-0.25, -0.2) is 0 Å². The zero-order chi connectivity index (χ0) is 10.6. The second-order valence-electron chi connectivity index (χ2n) is 4.35. The molecule has 3 heteroatoms. The first-order valence-electron chi connectivity index (χ1n) is 5.65. The Kier molecular flexibility index (Phi) is 4.39. The van der Waals surface area contributed by atoms with E-state index in [4.69, 9.17) is 10.8 Å². The SMILES string of the molecule is CCC[C@H](C(=O)O)[C@@H]1CCCC[C@@H]1N. The zero-order valence-corrected chi connectivity index (χ0v) is 8.91. The molecule has 0 aliphatic heterocycles. The maximum Gasteiger partial charge on any atom is 0.306 e. The Balaban J connectivity index is 2.60. The highest BCUT2D eigenvalue weighted by Crippen LogP contribution is 2.31. The van der Waals surface area contributed by atoms with E-state index >= 15 is 0 Å². The Labute approximate surface area is 85.7 Å². The molecule has 0 heterocycles. The van der Waals surface area contributed by atoms with Crippen LogP contribution >= 0.6 is 0 Å². The number of hydrogen-bond acceptors (Lipinski definition) is 2. The van der Waals surface area contributed by atoms with Gasteiger partial charge in [0.1, 0.15) is 0 Å². The van der Waals surface area contributed by atoms with Gasteiger partial charge in [0.15, 0.2) is 0 Å². The van der Waals surface area contributed by atoms with E-state index in [-0.39, 0.29) is 17.9 Å². The first-order chi connectivity index (χ1) is 6.66. The summed E-state index contributed by atoms with van der Waals surface area (Å²) in [5, 5.41) is 9.12. The standard InChI is InChI=1S/C11H21NO2/c1-2-5-9(11(13)14)8-6-3-4-7-10(8)12/h8-10H,2-7,12H2,1H3,(H,13,14)/t8-,9-,10-/m0/s1. The van der Waals surface area contributed by atoms with Crippen LogP contribution in [0.1, 0.15) is 45.4 Å². The quantitative estimate of drug-likeness (QED) is 0.728. The van der Waals surface area contributed by atoms with Gasteiger partial charge in [-0.15, -0.1) is 0 Å². The highest BCUT2D eigenvalue weighted by molar-refractivity contribution is 5.70. The third kappa shape index (κ3) is 2.71. The molecule has 0 bridgehead atoms. The number of rotatable bonds is 4. The fraction of sp³-hybridized carbons (Fsp3) is 0.909. The van der Waals surface area contributed by atoms with Gasteiger partial charge in [-0.2, -0.15) is 0 Å². The molecular weight excluding hydrogens is 178 g/mol. The molecule has 0 aromatic heterocycles. The summed E-state index contributed by atoms with van der Waals surface area (Å²) in [6.07, 6.45) is 6.01. The molecule has 0 saturated heterocycles. The number of carboxylic acids is 1. The van der Waals surface area contributed by atoms with Gasteiger partial charge in [-0.3, -0.25) is 4.79 Å². The molecule has 0 spiro atoms. The van der Waals surface area contributed by atoms with Crippen molar-refractivity contribution in [2.24, 2.45) is 17.6 Å². The molecular formula is C11H21NO2. The third-order valence-electron chi connectivity index (χ3n) is 3.31. The summed E-state index contributed by atoms with van der Waals surface area (Å²) in [7, 11) is 0. The van der Waals surface area contributed by atoms with Gasteiger partial charge in [0.2, 0.25) is 0 Å². The molecule has 0 aromatic carbocycles. The minimum atomic E-state index is -0.658. The van der Waals surface area contributed by atoms with Crippen LogP contribution in [-0.2, 0) is 4.79 Å². The molecule has 1 aliphatic rings. The van der Waals surface area contributed by atoms with Gasteiger partial charge in [0.05, 0.1) is 5.92 Å². The van der Waals surface area contributed by atoms with E-state index in [1.807, 2.05) is 6.92 Å². The molecule has 1 aliphatic carbocycles. The molecule has 14 heavy (non-hydrogen) atoms. The Morgan fingerprint density at radius 1 is 1.50 bits per heavy atom. The van der Waals surface area contributed by atoms with Gasteiger partial charge in [-0.05, 0) is 25.2 Å². The first-order valence-corrected chi connectivity index (χ1v) is 5.65. The van der Waals surface area contributed by atoms with Crippen molar-refractivity contribution in [2.45, 2.75) is 51.5 Å².